The fraction of sp³-hybridized carbons (Fsp3) is 0.0222. The molecule has 46 heavy (non-hydrogen) atoms. The van der Waals surface area contributed by atoms with Crippen molar-refractivity contribution >= 4 is 69.9 Å². The monoisotopic (exact) mass is 602 g/mol. The molecule has 0 atom stereocenters. The maximum Gasteiger partial charge on any atom is 0.0355 e. The second kappa shape index (κ2) is 11.1. The Morgan fingerprint density at radius 2 is 1.13 bits per heavy atom. The lowest BCUT2D eigenvalue weighted by Gasteiger charge is -2.17. The molecule has 216 valence electrons. The predicted molar refractivity (Wildman–Crippen MR) is 202 cm³/mol. The molecule has 0 saturated heterocycles. The van der Waals surface area contributed by atoms with Crippen molar-refractivity contribution in [1.29, 1.82) is 0 Å². The van der Waals surface area contributed by atoms with Crippen molar-refractivity contribution in [3.8, 4) is 22.3 Å². The molecular formula is C45H30S. The molecule has 0 fully saturated rings. The van der Waals surface area contributed by atoms with Gasteiger partial charge in [-0.2, -0.15) is 0 Å². The molecule has 0 unspecified atom stereocenters. The molecule has 0 aliphatic rings. The molecule has 1 heteroatoms. The first-order chi connectivity index (χ1) is 22.8. The van der Waals surface area contributed by atoms with Crippen LogP contribution in [-0.2, 0) is 6.42 Å². The summed E-state index contributed by atoms with van der Waals surface area (Å²) in [6.07, 6.45) is 5.55. The Bertz CT molecular complexity index is 2600. The van der Waals surface area contributed by atoms with Crippen LogP contribution in [0.3, 0.4) is 0 Å². The third-order valence-corrected chi connectivity index (χ3v) is 10.4. The SMILES string of the molecule is C(=C\c1c2ccccc2c(-c2ccccc2)c2c1ccc1ccccc12)/Cc1cccc(-c2ccc3sc4ccccc4c3c2)c1. The summed E-state index contributed by atoms with van der Waals surface area (Å²) in [5.41, 5.74) is 7.68. The van der Waals surface area contributed by atoms with E-state index in [9.17, 15) is 0 Å². The fourth-order valence-corrected chi connectivity index (χ4v) is 8.25. The third-order valence-electron chi connectivity index (χ3n) is 9.29. The van der Waals surface area contributed by atoms with Crippen LogP contribution >= 0.6 is 11.3 Å². The maximum absolute atomic E-state index is 2.36. The third kappa shape index (κ3) is 4.52. The van der Waals surface area contributed by atoms with Crippen molar-refractivity contribution in [2.45, 2.75) is 6.42 Å². The average Bonchev–Trinajstić information content (AvgIpc) is 3.50. The zero-order valence-corrected chi connectivity index (χ0v) is 26.1. The van der Waals surface area contributed by atoms with Gasteiger partial charge in [0, 0.05) is 20.2 Å². The lowest BCUT2D eigenvalue weighted by Crippen LogP contribution is -1.91. The summed E-state index contributed by atoms with van der Waals surface area (Å²) >= 11 is 1.87. The van der Waals surface area contributed by atoms with Crippen molar-refractivity contribution in [1.82, 2.24) is 0 Å². The van der Waals surface area contributed by atoms with Gasteiger partial charge in [0.25, 0.3) is 0 Å². The molecule has 0 aliphatic heterocycles. The van der Waals surface area contributed by atoms with E-state index in [-0.39, 0.29) is 0 Å². The fourth-order valence-electron chi connectivity index (χ4n) is 7.16. The van der Waals surface area contributed by atoms with Gasteiger partial charge in [-0.05, 0) is 90.3 Å². The van der Waals surface area contributed by atoms with E-state index < -0.39 is 0 Å². The van der Waals surface area contributed by atoms with Crippen molar-refractivity contribution < 1.29 is 0 Å². The molecule has 9 rings (SSSR count). The number of hydrogen-bond acceptors (Lipinski definition) is 1. The molecule has 1 aromatic heterocycles. The summed E-state index contributed by atoms with van der Waals surface area (Å²) in [4.78, 5) is 0. The summed E-state index contributed by atoms with van der Waals surface area (Å²) in [6, 6.07) is 57.8. The number of hydrogen-bond donors (Lipinski definition) is 0. The molecule has 0 radical (unpaired) electrons. The van der Waals surface area contributed by atoms with E-state index in [0.717, 1.165) is 6.42 Å². The molecule has 1 heterocycles. The van der Waals surface area contributed by atoms with Crippen LogP contribution in [0.5, 0.6) is 0 Å². The van der Waals surface area contributed by atoms with Gasteiger partial charge in [0.2, 0.25) is 0 Å². The van der Waals surface area contributed by atoms with Crippen molar-refractivity contribution in [2.75, 3.05) is 0 Å². The summed E-state index contributed by atoms with van der Waals surface area (Å²) < 4.78 is 2.69. The van der Waals surface area contributed by atoms with Gasteiger partial charge in [0.15, 0.2) is 0 Å². The Morgan fingerprint density at radius 1 is 0.435 bits per heavy atom. The molecular weight excluding hydrogens is 573 g/mol. The molecule has 0 aliphatic carbocycles. The van der Waals surface area contributed by atoms with Gasteiger partial charge in [0.05, 0.1) is 0 Å². The van der Waals surface area contributed by atoms with Gasteiger partial charge in [0.1, 0.15) is 0 Å². The smallest absolute Gasteiger partial charge is 0.0355 e. The molecule has 0 amide bonds. The van der Waals surface area contributed by atoms with E-state index in [2.05, 4.69) is 170 Å². The molecule has 9 aromatic rings. The Balaban J connectivity index is 1.15. The maximum atomic E-state index is 2.36. The number of thiophene rings is 1. The van der Waals surface area contributed by atoms with Crippen LogP contribution in [0.2, 0.25) is 0 Å². The highest BCUT2D eigenvalue weighted by molar-refractivity contribution is 7.25. The van der Waals surface area contributed by atoms with Crippen LogP contribution in [0.25, 0.3) is 80.8 Å². The van der Waals surface area contributed by atoms with Crippen molar-refractivity contribution in [3.05, 3.63) is 175 Å². The minimum absolute atomic E-state index is 0.862. The lowest BCUT2D eigenvalue weighted by atomic mass is 9.86. The second-order valence-electron chi connectivity index (χ2n) is 12.0. The van der Waals surface area contributed by atoms with Crippen molar-refractivity contribution in [2.24, 2.45) is 0 Å². The van der Waals surface area contributed by atoms with Crippen LogP contribution in [0.4, 0.5) is 0 Å². The first-order valence-corrected chi connectivity index (χ1v) is 16.7. The summed E-state index contributed by atoms with van der Waals surface area (Å²) in [6.45, 7) is 0. The van der Waals surface area contributed by atoms with Gasteiger partial charge in [-0.3, -0.25) is 0 Å². The van der Waals surface area contributed by atoms with Gasteiger partial charge >= 0.3 is 0 Å². The first kappa shape index (κ1) is 26.9. The van der Waals surface area contributed by atoms with Gasteiger partial charge in [-0.25, -0.2) is 0 Å². The Labute approximate surface area is 272 Å². The van der Waals surface area contributed by atoms with E-state index in [1.54, 1.807) is 0 Å². The van der Waals surface area contributed by atoms with Gasteiger partial charge in [-0.1, -0.05) is 152 Å². The lowest BCUT2D eigenvalue weighted by molar-refractivity contribution is 1.28. The van der Waals surface area contributed by atoms with E-state index in [0.29, 0.717) is 0 Å². The summed E-state index contributed by atoms with van der Waals surface area (Å²) in [5, 5.41) is 10.4. The van der Waals surface area contributed by atoms with Crippen molar-refractivity contribution in [3.63, 3.8) is 0 Å². The molecule has 0 bridgehead atoms. The molecule has 0 saturated carbocycles. The van der Waals surface area contributed by atoms with E-state index in [1.807, 2.05) is 11.3 Å². The largest absolute Gasteiger partial charge is 0.135 e. The van der Waals surface area contributed by atoms with E-state index >= 15 is 0 Å². The molecule has 0 N–H and O–H groups in total. The second-order valence-corrected chi connectivity index (χ2v) is 13.1. The van der Waals surface area contributed by atoms with Crippen LogP contribution in [0.1, 0.15) is 11.1 Å². The van der Waals surface area contributed by atoms with Crippen LogP contribution in [-0.4, -0.2) is 0 Å². The average molecular weight is 603 g/mol. The predicted octanol–water partition coefficient (Wildman–Crippen LogP) is 13.1. The van der Waals surface area contributed by atoms with E-state index in [4.69, 9.17) is 0 Å². The number of fused-ring (bicyclic) bond motifs is 7. The standard InChI is InChI=1S/C45H30S/c1-2-15-32(16-3-1)44-39-21-7-6-19-36(39)37(40-26-24-31-14-4-5-18-35(31)45(40)44)22-11-13-30-12-10-17-33(28-30)34-25-27-43-41(29-34)38-20-8-9-23-42(38)46-43/h1-12,14-29H,13H2/b22-11+. The highest BCUT2D eigenvalue weighted by Gasteiger charge is 2.16. The highest BCUT2D eigenvalue weighted by Crippen LogP contribution is 2.43. The normalized spacial score (nSPS) is 11.9. The minimum atomic E-state index is 0.862. The quantitative estimate of drug-likeness (QED) is 0.136. The van der Waals surface area contributed by atoms with Gasteiger partial charge < -0.3 is 0 Å². The zero-order chi connectivity index (χ0) is 30.5. The van der Waals surface area contributed by atoms with E-state index in [1.165, 1.54) is 85.9 Å². The van der Waals surface area contributed by atoms with Gasteiger partial charge in [-0.15, -0.1) is 11.3 Å². The highest BCUT2D eigenvalue weighted by atomic mass is 32.1. The Morgan fingerprint density at radius 3 is 2.02 bits per heavy atom. The Hall–Kier alpha value is -5.50. The minimum Gasteiger partial charge on any atom is -0.135 e. The number of benzene rings is 8. The summed E-state index contributed by atoms with van der Waals surface area (Å²) in [5.74, 6) is 0. The number of allylic oxidation sites excluding steroid dienone is 1. The van der Waals surface area contributed by atoms with Crippen LogP contribution in [0, 0.1) is 0 Å². The molecule has 8 aromatic carbocycles. The Kier molecular flexibility index (Phi) is 6.51. The zero-order valence-electron chi connectivity index (χ0n) is 25.3. The summed E-state index contributed by atoms with van der Waals surface area (Å²) in [7, 11) is 0. The van der Waals surface area contributed by atoms with Crippen LogP contribution < -0.4 is 0 Å². The molecule has 0 spiro atoms. The first-order valence-electron chi connectivity index (χ1n) is 15.9. The topological polar surface area (TPSA) is 0 Å². The van der Waals surface area contributed by atoms with Crippen LogP contribution in [0.15, 0.2) is 164 Å². The molecule has 0 nitrogen and oxygen atoms in total. The number of rotatable bonds is 5.